The SMILES string of the molecule is CCNC(=NCc1ccc(NCCOC)cc1)NCCc1ccc(OC)cc1. The number of nitrogens with one attached hydrogen (secondary N) is 3. The Balaban J connectivity index is 1.81. The van der Waals surface area contributed by atoms with E-state index in [1.807, 2.05) is 12.1 Å². The molecule has 0 atom stereocenters. The van der Waals surface area contributed by atoms with Crippen molar-refractivity contribution in [3.63, 3.8) is 0 Å². The maximum atomic E-state index is 5.20. The second-order valence-electron chi connectivity index (χ2n) is 6.34. The van der Waals surface area contributed by atoms with E-state index in [2.05, 4.69) is 64.3 Å². The molecule has 0 heterocycles. The van der Waals surface area contributed by atoms with E-state index in [9.17, 15) is 0 Å². The van der Waals surface area contributed by atoms with Crippen LogP contribution in [-0.4, -0.2) is 46.4 Å². The largest absolute Gasteiger partial charge is 0.497 e. The summed E-state index contributed by atoms with van der Waals surface area (Å²) in [6.45, 7) is 5.85. The summed E-state index contributed by atoms with van der Waals surface area (Å²) >= 11 is 0. The topological polar surface area (TPSA) is 66.9 Å². The van der Waals surface area contributed by atoms with Gasteiger partial charge in [-0.1, -0.05) is 24.3 Å². The van der Waals surface area contributed by atoms with Gasteiger partial charge in [0.2, 0.25) is 0 Å². The molecule has 6 nitrogen and oxygen atoms in total. The molecule has 2 aromatic carbocycles. The molecular formula is C22H32N4O2. The van der Waals surface area contributed by atoms with Gasteiger partial charge >= 0.3 is 0 Å². The minimum Gasteiger partial charge on any atom is -0.497 e. The van der Waals surface area contributed by atoms with Gasteiger partial charge in [-0.2, -0.15) is 0 Å². The first-order chi connectivity index (χ1) is 13.7. The van der Waals surface area contributed by atoms with E-state index in [4.69, 9.17) is 9.47 Å². The third kappa shape index (κ3) is 7.88. The van der Waals surface area contributed by atoms with Gasteiger partial charge in [0.1, 0.15) is 5.75 Å². The van der Waals surface area contributed by atoms with Crippen molar-refractivity contribution >= 4 is 11.6 Å². The molecule has 152 valence electrons. The van der Waals surface area contributed by atoms with Gasteiger partial charge in [0.05, 0.1) is 20.3 Å². The van der Waals surface area contributed by atoms with Crippen molar-refractivity contribution in [1.82, 2.24) is 10.6 Å². The molecule has 3 N–H and O–H groups in total. The van der Waals surface area contributed by atoms with Gasteiger partial charge in [-0.3, -0.25) is 0 Å². The van der Waals surface area contributed by atoms with Crippen LogP contribution < -0.4 is 20.7 Å². The molecule has 0 spiro atoms. The molecular weight excluding hydrogens is 352 g/mol. The number of hydrogen-bond donors (Lipinski definition) is 3. The molecule has 2 rings (SSSR count). The van der Waals surface area contributed by atoms with Crippen LogP contribution >= 0.6 is 0 Å². The molecule has 0 fully saturated rings. The second kappa shape index (κ2) is 12.6. The Bertz CT molecular complexity index is 699. The average molecular weight is 385 g/mol. The zero-order valence-electron chi connectivity index (χ0n) is 17.1. The third-order valence-electron chi connectivity index (χ3n) is 4.22. The number of ether oxygens (including phenoxy) is 2. The number of anilines is 1. The molecule has 0 amide bonds. The van der Waals surface area contributed by atoms with E-state index in [0.29, 0.717) is 13.2 Å². The summed E-state index contributed by atoms with van der Waals surface area (Å²) in [5, 5.41) is 10.0. The van der Waals surface area contributed by atoms with Crippen LogP contribution in [0.2, 0.25) is 0 Å². The summed E-state index contributed by atoms with van der Waals surface area (Å²) in [6, 6.07) is 16.5. The van der Waals surface area contributed by atoms with Gasteiger partial charge in [-0.05, 0) is 48.7 Å². The smallest absolute Gasteiger partial charge is 0.191 e. The van der Waals surface area contributed by atoms with Crippen molar-refractivity contribution in [2.45, 2.75) is 19.9 Å². The summed E-state index contributed by atoms with van der Waals surface area (Å²) < 4.78 is 10.2. The predicted molar refractivity (Wildman–Crippen MR) is 116 cm³/mol. The molecule has 0 radical (unpaired) electrons. The lowest BCUT2D eigenvalue weighted by atomic mass is 10.1. The number of methoxy groups -OCH3 is 2. The average Bonchev–Trinajstić information content (AvgIpc) is 2.73. The quantitative estimate of drug-likeness (QED) is 0.316. The first-order valence-corrected chi connectivity index (χ1v) is 9.72. The van der Waals surface area contributed by atoms with Crippen molar-refractivity contribution in [3.8, 4) is 5.75 Å². The molecule has 0 bridgehead atoms. The van der Waals surface area contributed by atoms with Crippen molar-refractivity contribution in [2.24, 2.45) is 4.99 Å². The fourth-order valence-electron chi connectivity index (χ4n) is 2.65. The number of guanidine groups is 1. The maximum Gasteiger partial charge on any atom is 0.191 e. The summed E-state index contributed by atoms with van der Waals surface area (Å²) in [7, 11) is 3.39. The molecule has 0 unspecified atom stereocenters. The molecule has 6 heteroatoms. The van der Waals surface area contributed by atoms with Gasteiger partial charge in [0.25, 0.3) is 0 Å². The Labute approximate surface area is 168 Å². The minimum absolute atomic E-state index is 0.635. The Morgan fingerprint density at radius 2 is 1.61 bits per heavy atom. The van der Waals surface area contributed by atoms with Crippen LogP contribution in [-0.2, 0) is 17.7 Å². The number of rotatable bonds is 11. The molecule has 28 heavy (non-hydrogen) atoms. The minimum atomic E-state index is 0.635. The fraction of sp³-hybridized carbons (Fsp3) is 0.409. The molecule has 0 saturated heterocycles. The van der Waals surface area contributed by atoms with Crippen LogP contribution in [0.1, 0.15) is 18.1 Å². The van der Waals surface area contributed by atoms with Gasteiger partial charge < -0.3 is 25.4 Å². The van der Waals surface area contributed by atoms with Crippen molar-refractivity contribution in [2.75, 3.05) is 45.8 Å². The molecule has 0 saturated carbocycles. The lowest BCUT2D eigenvalue weighted by molar-refractivity contribution is 0.211. The van der Waals surface area contributed by atoms with E-state index in [1.165, 1.54) is 11.1 Å². The standard InChI is InChI=1S/C22H32N4O2/c1-4-23-22(25-14-13-18-7-11-21(28-3)12-8-18)26-17-19-5-9-20(10-6-19)24-15-16-27-2/h5-12,24H,4,13-17H2,1-3H3,(H2,23,25,26). The Morgan fingerprint density at radius 3 is 2.25 bits per heavy atom. The molecule has 2 aromatic rings. The van der Waals surface area contributed by atoms with Gasteiger partial charge in [0, 0.05) is 32.4 Å². The van der Waals surface area contributed by atoms with Crippen LogP contribution in [0.3, 0.4) is 0 Å². The van der Waals surface area contributed by atoms with Gasteiger partial charge in [-0.15, -0.1) is 0 Å². The molecule has 0 aliphatic heterocycles. The van der Waals surface area contributed by atoms with E-state index in [0.717, 1.165) is 43.5 Å². The number of hydrogen-bond acceptors (Lipinski definition) is 4. The summed E-state index contributed by atoms with van der Waals surface area (Å²) in [5.74, 6) is 1.71. The first-order valence-electron chi connectivity index (χ1n) is 9.72. The third-order valence-corrected chi connectivity index (χ3v) is 4.22. The van der Waals surface area contributed by atoms with Crippen LogP contribution in [0, 0.1) is 0 Å². The van der Waals surface area contributed by atoms with Crippen molar-refractivity contribution in [3.05, 3.63) is 59.7 Å². The first kappa shape index (κ1) is 21.6. The monoisotopic (exact) mass is 384 g/mol. The van der Waals surface area contributed by atoms with E-state index in [-0.39, 0.29) is 0 Å². The Morgan fingerprint density at radius 1 is 0.893 bits per heavy atom. The number of aliphatic imine (C=N–C) groups is 1. The lowest BCUT2D eigenvalue weighted by Crippen LogP contribution is -2.38. The highest BCUT2D eigenvalue weighted by Gasteiger charge is 2.00. The summed E-state index contributed by atoms with van der Waals surface area (Å²) in [4.78, 5) is 4.68. The van der Waals surface area contributed by atoms with Crippen LogP contribution in [0.5, 0.6) is 5.75 Å². The van der Waals surface area contributed by atoms with E-state index in [1.54, 1.807) is 14.2 Å². The lowest BCUT2D eigenvalue weighted by Gasteiger charge is -2.12. The highest BCUT2D eigenvalue weighted by Crippen LogP contribution is 2.12. The second-order valence-corrected chi connectivity index (χ2v) is 6.34. The summed E-state index contributed by atoms with van der Waals surface area (Å²) in [5.41, 5.74) is 3.53. The van der Waals surface area contributed by atoms with E-state index < -0.39 is 0 Å². The van der Waals surface area contributed by atoms with Crippen LogP contribution in [0.25, 0.3) is 0 Å². The normalized spacial score (nSPS) is 11.2. The number of benzene rings is 2. The highest BCUT2D eigenvalue weighted by molar-refractivity contribution is 5.79. The Kier molecular flexibility index (Phi) is 9.72. The highest BCUT2D eigenvalue weighted by atomic mass is 16.5. The van der Waals surface area contributed by atoms with Crippen molar-refractivity contribution < 1.29 is 9.47 Å². The molecule has 0 aromatic heterocycles. The summed E-state index contributed by atoms with van der Waals surface area (Å²) in [6.07, 6.45) is 0.927. The van der Waals surface area contributed by atoms with Crippen LogP contribution in [0.15, 0.2) is 53.5 Å². The fourth-order valence-corrected chi connectivity index (χ4v) is 2.65. The van der Waals surface area contributed by atoms with Gasteiger partial charge in [-0.25, -0.2) is 4.99 Å². The maximum absolute atomic E-state index is 5.20. The predicted octanol–water partition coefficient (Wildman–Crippen LogP) is 3.05. The zero-order valence-corrected chi connectivity index (χ0v) is 17.1. The molecule has 0 aliphatic carbocycles. The number of nitrogens with zero attached hydrogens (tertiary/aromatic N) is 1. The molecule has 0 aliphatic rings. The van der Waals surface area contributed by atoms with E-state index >= 15 is 0 Å². The van der Waals surface area contributed by atoms with Gasteiger partial charge in [0.15, 0.2) is 5.96 Å². The zero-order chi connectivity index (χ0) is 20.0. The van der Waals surface area contributed by atoms with Crippen LogP contribution in [0.4, 0.5) is 5.69 Å². The Hall–Kier alpha value is -2.73. The van der Waals surface area contributed by atoms with Crippen molar-refractivity contribution in [1.29, 1.82) is 0 Å².